The molecule has 1 aromatic carbocycles. The van der Waals surface area contributed by atoms with Gasteiger partial charge in [0.2, 0.25) is 5.91 Å². The molecule has 1 aliphatic heterocycles. The first-order valence-electron chi connectivity index (χ1n) is 8.85. The van der Waals surface area contributed by atoms with E-state index in [9.17, 15) is 19.7 Å². The van der Waals surface area contributed by atoms with E-state index < -0.39 is 24.9 Å². The molecule has 30 heavy (non-hydrogen) atoms. The molecule has 154 valence electrons. The Morgan fingerprint density at radius 3 is 3.00 bits per heavy atom. The van der Waals surface area contributed by atoms with E-state index in [2.05, 4.69) is 25.8 Å². The van der Waals surface area contributed by atoms with Gasteiger partial charge in [0, 0.05) is 5.38 Å². The highest BCUT2D eigenvalue weighted by Gasteiger charge is 2.37. The van der Waals surface area contributed by atoms with Gasteiger partial charge in [-0.25, -0.2) is 14.5 Å². The van der Waals surface area contributed by atoms with Crippen molar-refractivity contribution in [2.45, 2.75) is 25.3 Å². The van der Waals surface area contributed by atoms with Crippen LogP contribution in [0.2, 0.25) is 0 Å². The molecule has 0 unspecified atom stereocenters. The zero-order valence-corrected chi connectivity index (χ0v) is 16.2. The molecule has 4 rings (SSSR count). The number of nitrogens with two attached hydrogens (primary N) is 1. The topological polar surface area (TPSA) is 178 Å². The van der Waals surface area contributed by atoms with Crippen LogP contribution in [0.5, 0.6) is 5.75 Å². The van der Waals surface area contributed by atoms with Crippen molar-refractivity contribution in [3.63, 3.8) is 0 Å². The Hall–Kier alpha value is -3.52. The van der Waals surface area contributed by atoms with Crippen molar-refractivity contribution >= 4 is 35.5 Å². The third-order valence-electron chi connectivity index (χ3n) is 4.50. The molecular weight excluding hydrogens is 413 g/mol. The van der Waals surface area contributed by atoms with E-state index in [1.807, 2.05) is 0 Å². The molecule has 12 nitrogen and oxygen atoms in total. The maximum atomic E-state index is 12.5. The standard InChI is InChI=1S/C16H16BN7O5S/c18-16-19-9(7-30-16)6-24-12(21-22-23-24)5-13(25)20-11-4-8-2-1-3-10(15(26)27)14(8)29-17(11)28/h1-3,7,11,28H,4-6H2,(H2,18,19)(H,20,25)(H,26,27)/t11-/m0/s1. The number of fused-ring (bicyclic) bond motifs is 1. The molecule has 1 aliphatic rings. The number of nitrogen functional groups attached to an aromatic ring is 1. The van der Waals surface area contributed by atoms with Crippen molar-refractivity contribution in [1.82, 2.24) is 30.5 Å². The normalized spacial score (nSPS) is 15.4. The van der Waals surface area contributed by atoms with E-state index in [4.69, 9.17) is 10.4 Å². The Morgan fingerprint density at radius 1 is 1.43 bits per heavy atom. The summed E-state index contributed by atoms with van der Waals surface area (Å²) in [7, 11) is -1.39. The number of tetrazole rings is 1. The van der Waals surface area contributed by atoms with Crippen LogP contribution in [0.25, 0.3) is 0 Å². The predicted molar refractivity (Wildman–Crippen MR) is 105 cm³/mol. The van der Waals surface area contributed by atoms with Crippen LogP contribution in [0.1, 0.15) is 27.4 Å². The fourth-order valence-corrected chi connectivity index (χ4v) is 3.69. The number of aromatic carboxylic acids is 1. The highest BCUT2D eigenvalue weighted by atomic mass is 32.1. The Kier molecular flexibility index (Phi) is 5.33. The van der Waals surface area contributed by atoms with E-state index >= 15 is 0 Å². The Bertz CT molecular complexity index is 1100. The van der Waals surface area contributed by atoms with Gasteiger partial charge in [0.1, 0.15) is 5.75 Å². The van der Waals surface area contributed by atoms with Gasteiger partial charge in [-0.05, 0) is 28.5 Å². The lowest BCUT2D eigenvalue weighted by atomic mass is 9.72. The lowest BCUT2D eigenvalue weighted by Crippen LogP contribution is -2.53. The molecule has 1 amide bonds. The SMILES string of the molecule is Nc1nc(Cn2nnnc2CC(=O)N[C@H]2Cc3cccc(C(=O)O)c3OB2O)cs1. The van der Waals surface area contributed by atoms with Gasteiger partial charge in [0.05, 0.1) is 30.2 Å². The number of thiazole rings is 1. The van der Waals surface area contributed by atoms with Crippen LogP contribution in [0.4, 0.5) is 5.13 Å². The third kappa shape index (κ3) is 4.09. The Balaban J connectivity index is 1.42. The number of carboxylic acid groups (broad SMARTS) is 1. The number of amides is 1. The number of carboxylic acids is 1. The molecule has 1 atom stereocenters. The summed E-state index contributed by atoms with van der Waals surface area (Å²) in [4.78, 5) is 28.0. The molecule has 0 aliphatic carbocycles. The average molecular weight is 429 g/mol. The monoisotopic (exact) mass is 429 g/mol. The number of carbonyl (C=O) groups excluding carboxylic acids is 1. The van der Waals surface area contributed by atoms with Crippen LogP contribution in [0.3, 0.4) is 0 Å². The number of nitrogens with zero attached hydrogens (tertiary/aromatic N) is 5. The van der Waals surface area contributed by atoms with Crippen LogP contribution < -0.4 is 15.7 Å². The molecule has 0 saturated heterocycles. The number of carbonyl (C=O) groups is 2. The Morgan fingerprint density at radius 2 is 2.27 bits per heavy atom. The molecule has 0 spiro atoms. The number of hydrogen-bond acceptors (Lipinski definition) is 10. The fourth-order valence-electron chi connectivity index (χ4n) is 3.14. The van der Waals surface area contributed by atoms with Crippen molar-refractivity contribution < 1.29 is 24.4 Å². The number of aromatic nitrogens is 5. The van der Waals surface area contributed by atoms with Crippen molar-refractivity contribution in [2.75, 3.05) is 5.73 Å². The average Bonchev–Trinajstić information content (AvgIpc) is 3.30. The van der Waals surface area contributed by atoms with Crippen molar-refractivity contribution in [3.05, 3.63) is 46.2 Å². The summed E-state index contributed by atoms with van der Waals surface area (Å²) < 4.78 is 6.81. The summed E-state index contributed by atoms with van der Waals surface area (Å²) in [6.45, 7) is 0.268. The minimum absolute atomic E-state index is 0.0434. The minimum Gasteiger partial charge on any atom is -0.534 e. The molecular formula is C16H16BN7O5S. The van der Waals surface area contributed by atoms with Gasteiger partial charge in [-0.2, -0.15) is 0 Å². The molecule has 0 fully saturated rings. The number of rotatable bonds is 6. The molecule has 0 saturated carbocycles. The van der Waals surface area contributed by atoms with Gasteiger partial charge >= 0.3 is 13.1 Å². The minimum atomic E-state index is -1.39. The molecule has 3 heterocycles. The summed E-state index contributed by atoms with van der Waals surface area (Å²) in [6, 6.07) is 4.66. The molecule has 0 radical (unpaired) electrons. The number of nitrogens with one attached hydrogen (secondary N) is 1. The van der Waals surface area contributed by atoms with Gasteiger partial charge < -0.3 is 25.8 Å². The van der Waals surface area contributed by atoms with Gasteiger partial charge in [0.25, 0.3) is 0 Å². The second-order valence-corrected chi connectivity index (χ2v) is 7.48. The van der Waals surface area contributed by atoms with Crippen molar-refractivity contribution in [2.24, 2.45) is 0 Å². The summed E-state index contributed by atoms with van der Waals surface area (Å²) in [5, 5.41) is 35.7. The van der Waals surface area contributed by atoms with E-state index in [1.165, 1.54) is 22.1 Å². The number of anilines is 1. The molecule has 5 N–H and O–H groups in total. The van der Waals surface area contributed by atoms with Gasteiger partial charge in [-0.1, -0.05) is 12.1 Å². The molecule has 0 bridgehead atoms. The maximum absolute atomic E-state index is 12.5. The van der Waals surface area contributed by atoms with Crippen LogP contribution in [0, 0.1) is 0 Å². The quantitative estimate of drug-likeness (QED) is 0.360. The van der Waals surface area contributed by atoms with Crippen LogP contribution >= 0.6 is 11.3 Å². The van der Waals surface area contributed by atoms with Crippen LogP contribution in [-0.2, 0) is 24.2 Å². The summed E-state index contributed by atoms with van der Waals surface area (Å²) >= 11 is 1.29. The van der Waals surface area contributed by atoms with Gasteiger partial charge in [-0.15, -0.1) is 16.4 Å². The molecule has 14 heteroatoms. The van der Waals surface area contributed by atoms with Crippen molar-refractivity contribution in [1.29, 1.82) is 0 Å². The number of para-hydroxylation sites is 1. The lowest BCUT2D eigenvalue weighted by molar-refractivity contribution is -0.121. The van der Waals surface area contributed by atoms with E-state index in [-0.39, 0.29) is 30.7 Å². The predicted octanol–water partition coefficient (Wildman–Crippen LogP) is -0.860. The first-order chi connectivity index (χ1) is 14.4. The smallest absolute Gasteiger partial charge is 0.534 e. The fraction of sp³-hybridized carbons (Fsp3) is 0.250. The third-order valence-corrected chi connectivity index (χ3v) is 5.22. The van der Waals surface area contributed by atoms with E-state index in [1.54, 1.807) is 17.5 Å². The zero-order valence-electron chi connectivity index (χ0n) is 15.4. The van der Waals surface area contributed by atoms with Crippen molar-refractivity contribution in [3.8, 4) is 5.75 Å². The first kappa shape index (κ1) is 19.8. The maximum Gasteiger partial charge on any atom is 0.547 e. The first-order valence-corrected chi connectivity index (χ1v) is 9.73. The molecule has 2 aromatic heterocycles. The van der Waals surface area contributed by atoms with Gasteiger partial charge in [-0.3, -0.25) is 4.79 Å². The largest absolute Gasteiger partial charge is 0.547 e. The number of hydrogen-bond donors (Lipinski definition) is 4. The summed E-state index contributed by atoms with van der Waals surface area (Å²) in [6.07, 6.45) is 0.0876. The van der Waals surface area contributed by atoms with E-state index in [0.29, 0.717) is 22.2 Å². The zero-order chi connectivity index (χ0) is 21.3. The summed E-state index contributed by atoms with van der Waals surface area (Å²) in [5.41, 5.74) is 6.83. The lowest BCUT2D eigenvalue weighted by Gasteiger charge is -2.28. The van der Waals surface area contributed by atoms with Crippen LogP contribution in [-0.4, -0.2) is 60.3 Å². The highest BCUT2D eigenvalue weighted by molar-refractivity contribution is 7.13. The van der Waals surface area contributed by atoms with Gasteiger partial charge in [0.15, 0.2) is 11.0 Å². The van der Waals surface area contributed by atoms with E-state index in [0.717, 1.165) is 0 Å². The summed E-state index contributed by atoms with van der Waals surface area (Å²) in [5.74, 6) is -1.91. The van der Waals surface area contributed by atoms with Crippen LogP contribution in [0.15, 0.2) is 23.6 Å². The second-order valence-electron chi connectivity index (χ2n) is 6.59. The second kappa shape index (κ2) is 8.08. The number of benzene rings is 1. The Labute approximate surface area is 173 Å². The molecule has 3 aromatic rings. The highest BCUT2D eigenvalue weighted by Crippen LogP contribution is 2.30.